The predicted octanol–water partition coefficient (Wildman–Crippen LogP) is 4.58. The number of carbonyl (C=O) groups is 1. The van der Waals surface area contributed by atoms with Crippen molar-refractivity contribution in [1.29, 1.82) is 0 Å². The largest absolute Gasteiger partial charge is 0.496 e. The smallest absolute Gasteiger partial charge is 0.223 e. The highest BCUT2D eigenvalue weighted by atomic mass is 35.5. The third kappa shape index (κ3) is 4.83. The molecule has 1 heterocycles. The Kier molecular flexibility index (Phi) is 6.92. The van der Waals surface area contributed by atoms with Crippen LogP contribution >= 0.6 is 11.6 Å². The van der Waals surface area contributed by atoms with Gasteiger partial charge in [0.15, 0.2) is 0 Å². The molecule has 1 saturated heterocycles. The molecular weight excluding hydrogens is 379 g/mol. The summed E-state index contributed by atoms with van der Waals surface area (Å²) in [5.41, 5.74) is 1.49. The molecule has 1 aliphatic heterocycles. The normalized spacial score (nSPS) is 16.6. The summed E-state index contributed by atoms with van der Waals surface area (Å²) in [4.78, 5) is 14.9. The first-order valence-corrected chi connectivity index (χ1v) is 9.96. The number of benzene rings is 2. The van der Waals surface area contributed by atoms with Gasteiger partial charge in [0, 0.05) is 28.6 Å². The van der Waals surface area contributed by atoms with Gasteiger partial charge in [-0.25, -0.2) is 4.39 Å². The molecular formula is C22H26ClFN2O2. The van der Waals surface area contributed by atoms with Crippen LogP contribution in [-0.2, 0) is 11.3 Å². The molecule has 3 rings (SSSR count). The molecule has 0 spiro atoms. The zero-order chi connectivity index (χ0) is 20.1. The lowest BCUT2D eigenvalue weighted by atomic mass is 9.94. The van der Waals surface area contributed by atoms with Crippen LogP contribution in [0.4, 0.5) is 4.39 Å². The van der Waals surface area contributed by atoms with E-state index in [0.717, 1.165) is 37.2 Å². The minimum atomic E-state index is -0.280. The second-order valence-electron chi connectivity index (χ2n) is 7.22. The summed E-state index contributed by atoms with van der Waals surface area (Å²) in [7, 11) is 1.63. The van der Waals surface area contributed by atoms with Gasteiger partial charge in [-0.3, -0.25) is 9.69 Å². The molecule has 150 valence electrons. The Morgan fingerprint density at radius 1 is 1.25 bits per heavy atom. The maximum atomic E-state index is 14.0. The number of carbonyl (C=O) groups excluding carboxylic acids is 1. The van der Waals surface area contributed by atoms with E-state index in [0.29, 0.717) is 17.1 Å². The van der Waals surface area contributed by atoms with Gasteiger partial charge in [-0.15, -0.1) is 0 Å². The van der Waals surface area contributed by atoms with Gasteiger partial charge in [-0.05, 0) is 51.1 Å². The first-order valence-electron chi connectivity index (χ1n) is 9.58. The Morgan fingerprint density at radius 3 is 2.64 bits per heavy atom. The Bertz CT molecular complexity index is 802. The highest BCUT2D eigenvalue weighted by Gasteiger charge is 2.27. The van der Waals surface area contributed by atoms with Crippen molar-refractivity contribution >= 4 is 17.5 Å². The minimum absolute atomic E-state index is 0.0375. The number of methoxy groups -OCH3 is 1. The number of ether oxygens (including phenoxy) is 1. The van der Waals surface area contributed by atoms with Gasteiger partial charge in [0.2, 0.25) is 5.91 Å². The number of hydrogen-bond acceptors (Lipinski definition) is 3. The summed E-state index contributed by atoms with van der Waals surface area (Å²) < 4.78 is 19.4. The number of likely N-dealkylation sites (tertiary alicyclic amines) is 1. The summed E-state index contributed by atoms with van der Waals surface area (Å²) in [6.07, 6.45) is 1.49. The molecule has 2 aromatic carbocycles. The maximum Gasteiger partial charge on any atom is 0.223 e. The lowest BCUT2D eigenvalue weighted by molar-refractivity contribution is -0.127. The van der Waals surface area contributed by atoms with Gasteiger partial charge >= 0.3 is 0 Å². The Morgan fingerprint density at radius 2 is 1.96 bits per heavy atom. The van der Waals surface area contributed by atoms with E-state index in [4.69, 9.17) is 16.3 Å². The van der Waals surface area contributed by atoms with Crippen LogP contribution in [0.3, 0.4) is 0 Å². The molecule has 1 aliphatic rings. The molecule has 28 heavy (non-hydrogen) atoms. The molecule has 1 atom stereocenters. The number of para-hydroxylation sites is 1. The molecule has 1 N–H and O–H groups in total. The minimum Gasteiger partial charge on any atom is -0.496 e. The predicted molar refractivity (Wildman–Crippen MR) is 109 cm³/mol. The number of nitrogens with one attached hydrogen (secondary N) is 1. The number of nitrogens with zero attached hydrogens (tertiary/aromatic N) is 1. The van der Waals surface area contributed by atoms with E-state index in [1.807, 2.05) is 31.2 Å². The third-order valence-electron chi connectivity index (χ3n) is 5.37. The standard InChI is InChI=1S/C22H26ClFN2O2/c1-15(17-6-3-4-9-21(17)28-2)25-22(27)16-10-12-26(13-11-16)14-18-19(23)7-5-8-20(18)24/h3-9,15-16H,10-14H2,1-2H3,(H,25,27). The van der Waals surface area contributed by atoms with Crippen LogP contribution in [-0.4, -0.2) is 31.0 Å². The quantitative estimate of drug-likeness (QED) is 0.766. The second-order valence-corrected chi connectivity index (χ2v) is 7.63. The van der Waals surface area contributed by atoms with Crippen LogP contribution < -0.4 is 10.1 Å². The van der Waals surface area contributed by atoms with E-state index >= 15 is 0 Å². The van der Waals surface area contributed by atoms with Crippen molar-refractivity contribution in [3.8, 4) is 5.75 Å². The summed E-state index contributed by atoms with van der Waals surface area (Å²) in [6, 6.07) is 12.3. The summed E-state index contributed by atoms with van der Waals surface area (Å²) in [6.45, 7) is 3.92. The monoisotopic (exact) mass is 404 g/mol. The number of hydrogen-bond donors (Lipinski definition) is 1. The molecule has 2 aromatic rings. The van der Waals surface area contributed by atoms with Crippen molar-refractivity contribution in [2.24, 2.45) is 5.92 Å². The highest BCUT2D eigenvalue weighted by molar-refractivity contribution is 6.31. The maximum absolute atomic E-state index is 14.0. The Labute approximate surface area is 170 Å². The number of rotatable bonds is 6. The van der Waals surface area contributed by atoms with E-state index in [9.17, 15) is 9.18 Å². The van der Waals surface area contributed by atoms with Crippen molar-refractivity contribution in [3.63, 3.8) is 0 Å². The molecule has 0 aliphatic carbocycles. The van der Waals surface area contributed by atoms with Gasteiger partial charge in [0.1, 0.15) is 11.6 Å². The summed E-state index contributed by atoms with van der Waals surface area (Å²) >= 11 is 6.13. The fraction of sp³-hybridized carbons (Fsp3) is 0.409. The Balaban J connectivity index is 1.54. The third-order valence-corrected chi connectivity index (χ3v) is 5.72. The zero-order valence-electron chi connectivity index (χ0n) is 16.3. The van der Waals surface area contributed by atoms with Gasteiger partial charge in [0.25, 0.3) is 0 Å². The molecule has 0 saturated carbocycles. The van der Waals surface area contributed by atoms with E-state index in [1.54, 1.807) is 19.2 Å². The second kappa shape index (κ2) is 9.39. The summed E-state index contributed by atoms with van der Waals surface area (Å²) in [5.74, 6) is 0.511. The van der Waals surface area contributed by atoms with Crippen molar-refractivity contribution in [1.82, 2.24) is 10.2 Å². The molecule has 1 unspecified atom stereocenters. The van der Waals surface area contributed by atoms with E-state index in [1.165, 1.54) is 6.07 Å². The number of amides is 1. The van der Waals surface area contributed by atoms with Crippen LogP contribution in [0.1, 0.15) is 36.9 Å². The number of piperidine rings is 1. The van der Waals surface area contributed by atoms with Gasteiger partial charge in [-0.2, -0.15) is 0 Å². The Hall–Kier alpha value is -2.11. The molecule has 1 amide bonds. The van der Waals surface area contributed by atoms with Crippen molar-refractivity contribution < 1.29 is 13.9 Å². The van der Waals surface area contributed by atoms with Crippen molar-refractivity contribution in [3.05, 3.63) is 64.4 Å². The van der Waals surface area contributed by atoms with Crippen molar-refractivity contribution in [2.45, 2.75) is 32.4 Å². The topological polar surface area (TPSA) is 41.6 Å². The van der Waals surface area contributed by atoms with Crippen LogP contribution in [0.25, 0.3) is 0 Å². The van der Waals surface area contributed by atoms with Gasteiger partial charge in [0.05, 0.1) is 13.2 Å². The van der Waals surface area contributed by atoms with Gasteiger partial charge in [-0.1, -0.05) is 35.9 Å². The van der Waals surface area contributed by atoms with Crippen LogP contribution in [0.2, 0.25) is 5.02 Å². The zero-order valence-corrected chi connectivity index (χ0v) is 17.0. The SMILES string of the molecule is COc1ccccc1C(C)NC(=O)C1CCN(Cc2c(F)cccc2Cl)CC1. The lowest BCUT2D eigenvalue weighted by Gasteiger charge is -2.32. The fourth-order valence-corrected chi connectivity index (χ4v) is 3.92. The molecule has 1 fully saturated rings. The molecule has 4 nitrogen and oxygen atoms in total. The molecule has 6 heteroatoms. The first kappa shape index (κ1) is 20.6. The molecule has 0 radical (unpaired) electrons. The number of halogens is 2. The highest BCUT2D eigenvalue weighted by Crippen LogP contribution is 2.27. The fourth-order valence-electron chi connectivity index (χ4n) is 3.69. The van der Waals surface area contributed by atoms with Crippen molar-refractivity contribution in [2.75, 3.05) is 20.2 Å². The first-order chi connectivity index (χ1) is 13.5. The average molecular weight is 405 g/mol. The van der Waals surface area contributed by atoms with Crippen LogP contribution in [0.5, 0.6) is 5.75 Å². The average Bonchev–Trinajstić information content (AvgIpc) is 2.71. The van der Waals surface area contributed by atoms with Gasteiger partial charge < -0.3 is 10.1 Å². The van der Waals surface area contributed by atoms with E-state index in [2.05, 4.69) is 10.2 Å². The lowest BCUT2D eigenvalue weighted by Crippen LogP contribution is -2.41. The van der Waals surface area contributed by atoms with E-state index in [-0.39, 0.29) is 23.7 Å². The van der Waals surface area contributed by atoms with E-state index < -0.39 is 0 Å². The van der Waals surface area contributed by atoms with Crippen LogP contribution in [0.15, 0.2) is 42.5 Å². The summed E-state index contributed by atoms with van der Waals surface area (Å²) in [5, 5.41) is 3.55. The molecule has 0 bridgehead atoms. The molecule has 0 aromatic heterocycles. The van der Waals surface area contributed by atoms with Crippen LogP contribution in [0, 0.1) is 11.7 Å².